The smallest absolute Gasteiger partial charge is 0.240 e. The van der Waals surface area contributed by atoms with Crippen LogP contribution < -0.4 is 16.4 Å². The van der Waals surface area contributed by atoms with Crippen LogP contribution in [0.5, 0.6) is 0 Å². The normalized spacial score (nSPS) is 13.1. The molecule has 0 radical (unpaired) electrons. The van der Waals surface area contributed by atoms with E-state index in [0.29, 0.717) is 60.2 Å². The van der Waals surface area contributed by atoms with E-state index in [1.807, 2.05) is 16.7 Å². The summed E-state index contributed by atoms with van der Waals surface area (Å²) >= 11 is 0. The maximum absolute atomic E-state index is 14.1. The number of imidazole rings is 1. The van der Waals surface area contributed by atoms with E-state index in [-0.39, 0.29) is 43.5 Å². The molecule has 5 rings (SSSR count). The molecule has 1 aliphatic heterocycles. The SMILES string of the molecule is CCC(=O)Nc1ccc(C[C@H](N)C(=O)N2CCn3c(nc(-c4cccc(F)c4)c3Nc3ccc(F)cc3)C2)cc1.S. The summed E-state index contributed by atoms with van der Waals surface area (Å²) in [7, 11) is 0. The third-order valence-corrected chi connectivity index (χ3v) is 6.82. The Balaban J connectivity index is 0.00000387. The average Bonchev–Trinajstić information content (AvgIpc) is 3.32. The van der Waals surface area contributed by atoms with Gasteiger partial charge in [0, 0.05) is 36.4 Å². The molecule has 2 amide bonds. The number of carbonyl (C=O) groups is 2. The lowest BCUT2D eigenvalue weighted by Crippen LogP contribution is -2.47. The molecule has 0 spiro atoms. The molecule has 2 heterocycles. The molecule has 0 bridgehead atoms. The van der Waals surface area contributed by atoms with Crippen molar-refractivity contribution in [1.29, 1.82) is 0 Å². The number of nitrogens with two attached hydrogens (primary N) is 1. The maximum Gasteiger partial charge on any atom is 0.240 e. The molecule has 0 aliphatic carbocycles. The zero-order valence-corrected chi connectivity index (χ0v) is 23.5. The minimum Gasteiger partial charge on any atom is -0.340 e. The molecule has 1 aromatic heterocycles. The highest BCUT2D eigenvalue weighted by molar-refractivity contribution is 7.59. The molecule has 0 unspecified atom stereocenters. The number of fused-ring (bicyclic) bond motifs is 1. The molecule has 4 aromatic rings. The summed E-state index contributed by atoms with van der Waals surface area (Å²) < 4.78 is 29.5. The Labute approximate surface area is 244 Å². The Morgan fingerprint density at radius 3 is 2.37 bits per heavy atom. The Bertz CT molecular complexity index is 1530. The maximum atomic E-state index is 14.1. The quantitative estimate of drug-likeness (QED) is 0.275. The minimum absolute atomic E-state index is 0. The van der Waals surface area contributed by atoms with Crippen molar-refractivity contribution < 1.29 is 18.4 Å². The van der Waals surface area contributed by atoms with Crippen LogP contribution in [0.2, 0.25) is 0 Å². The van der Waals surface area contributed by atoms with Crippen LogP contribution in [-0.2, 0) is 29.1 Å². The lowest BCUT2D eigenvalue weighted by molar-refractivity contribution is -0.134. The van der Waals surface area contributed by atoms with Crippen molar-refractivity contribution in [2.75, 3.05) is 17.2 Å². The van der Waals surface area contributed by atoms with Crippen LogP contribution in [0, 0.1) is 11.6 Å². The van der Waals surface area contributed by atoms with Crippen molar-refractivity contribution in [1.82, 2.24) is 14.5 Å². The number of halogens is 2. The Hall–Kier alpha value is -4.22. The first-order valence-electron chi connectivity index (χ1n) is 13.1. The van der Waals surface area contributed by atoms with Gasteiger partial charge in [-0.05, 0) is 60.5 Å². The molecule has 4 N–H and O–H groups in total. The van der Waals surface area contributed by atoms with Gasteiger partial charge in [-0.3, -0.25) is 9.59 Å². The first kappa shape index (κ1) is 29.8. The lowest BCUT2D eigenvalue weighted by Gasteiger charge is -2.30. The fourth-order valence-electron chi connectivity index (χ4n) is 4.70. The zero-order valence-electron chi connectivity index (χ0n) is 22.5. The molecule has 0 saturated heterocycles. The van der Waals surface area contributed by atoms with Crippen LogP contribution in [0.3, 0.4) is 0 Å². The van der Waals surface area contributed by atoms with Gasteiger partial charge in [-0.2, -0.15) is 13.5 Å². The largest absolute Gasteiger partial charge is 0.340 e. The van der Waals surface area contributed by atoms with Crippen LogP contribution in [0.25, 0.3) is 11.3 Å². The van der Waals surface area contributed by atoms with Crippen molar-refractivity contribution >= 4 is 42.5 Å². The number of hydrogen-bond donors (Lipinski definition) is 3. The summed E-state index contributed by atoms with van der Waals surface area (Å²) in [6.45, 7) is 2.89. The summed E-state index contributed by atoms with van der Waals surface area (Å²) in [5.41, 5.74) is 9.67. The number of amides is 2. The van der Waals surface area contributed by atoms with Crippen molar-refractivity contribution in [3.63, 3.8) is 0 Å². The Morgan fingerprint density at radius 2 is 1.68 bits per heavy atom. The number of nitrogens with one attached hydrogen (secondary N) is 2. The van der Waals surface area contributed by atoms with E-state index in [4.69, 9.17) is 10.7 Å². The minimum atomic E-state index is -0.753. The second kappa shape index (κ2) is 13.0. The molecular formula is C30H32F2N6O2S. The third kappa shape index (κ3) is 6.93. The second-order valence-corrected chi connectivity index (χ2v) is 9.69. The molecule has 214 valence electrons. The molecule has 0 saturated carbocycles. The van der Waals surface area contributed by atoms with Gasteiger partial charge >= 0.3 is 0 Å². The number of rotatable bonds is 8. The lowest BCUT2D eigenvalue weighted by atomic mass is 10.0. The van der Waals surface area contributed by atoms with Gasteiger partial charge in [-0.25, -0.2) is 13.8 Å². The second-order valence-electron chi connectivity index (χ2n) is 9.69. The first-order valence-corrected chi connectivity index (χ1v) is 13.1. The van der Waals surface area contributed by atoms with Crippen molar-refractivity contribution in [3.05, 3.63) is 95.8 Å². The standard InChI is InChI=1S/C30H30F2N6O2.H2S/c1-2-27(39)34-23-10-6-19(7-11-23)16-25(33)30(40)37-14-15-38-26(18-37)36-28(20-4-3-5-22(32)17-20)29(38)35-24-12-8-21(31)9-13-24;/h3-13,17,25,35H,2,14-16,18,33H2,1H3,(H,34,39);1H2/t25-;/m0./s1. The molecule has 0 fully saturated rings. The van der Waals surface area contributed by atoms with E-state index in [9.17, 15) is 18.4 Å². The summed E-state index contributed by atoms with van der Waals surface area (Å²) in [6, 6.07) is 18.6. The molecule has 1 atom stereocenters. The molecular weight excluding hydrogens is 546 g/mol. The highest BCUT2D eigenvalue weighted by Crippen LogP contribution is 2.33. The number of nitrogens with zero attached hydrogens (tertiary/aromatic N) is 3. The number of benzene rings is 3. The van der Waals surface area contributed by atoms with Gasteiger partial charge in [-0.15, -0.1) is 0 Å². The van der Waals surface area contributed by atoms with E-state index in [1.54, 1.807) is 48.2 Å². The van der Waals surface area contributed by atoms with Gasteiger partial charge in [0.2, 0.25) is 11.8 Å². The predicted molar refractivity (Wildman–Crippen MR) is 160 cm³/mol. The van der Waals surface area contributed by atoms with Gasteiger partial charge in [0.15, 0.2) is 0 Å². The van der Waals surface area contributed by atoms with Gasteiger partial charge < -0.3 is 25.8 Å². The fourth-order valence-corrected chi connectivity index (χ4v) is 4.70. The Morgan fingerprint density at radius 1 is 0.976 bits per heavy atom. The highest BCUT2D eigenvalue weighted by Gasteiger charge is 2.29. The van der Waals surface area contributed by atoms with Crippen molar-refractivity contribution in [3.8, 4) is 11.3 Å². The number of hydrogen-bond acceptors (Lipinski definition) is 5. The van der Waals surface area contributed by atoms with Gasteiger partial charge in [-0.1, -0.05) is 31.2 Å². The number of aromatic nitrogens is 2. The average molecular weight is 579 g/mol. The van der Waals surface area contributed by atoms with Crippen LogP contribution >= 0.6 is 13.5 Å². The van der Waals surface area contributed by atoms with Gasteiger partial charge in [0.25, 0.3) is 0 Å². The molecule has 11 heteroatoms. The van der Waals surface area contributed by atoms with Crippen molar-refractivity contribution in [2.24, 2.45) is 5.73 Å². The van der Waals surface area contributed by atoms with Crippen LogP contribution in [0.4, 0.5) is 26.0 Å². The Kier molecular flexibility index (Phi) is 9.41. The van der Waals surface area contributed by atoms with Crippen molar-refractivity contribution in [2.45, 2.75) is 38.9 Å². The highest BCUT2D eigenvalue weighted by atomic mass is 32.1. The monoisotopic (exact) mass is 578 g/mol. The third-order valence-electron chi connectivity index (χ3n) is 6.82. The van der Waals surface area contributed by atoms with E-state index in [0.717, 1.165) is 5.56 Å². The van der Waals surface area contributed by atoms with E-state index >= 15 is 0 Å². The summed E-state index contributed by atoms with van der Waals surface area (Å²) in [5, 5.41) is 6.10. The van der Waals surface area contributed by atoms with Gasteiger partial charge in [0.05, 0.1) is 12.6 Å². The number of anilines is 3. The topological polar surface area (TPSA) is 105 Å². The van der Waals surface area contributed by atoms with Gasteiger partial charge in [0.1, 0.15) is 29.0 Å². The zero-order chi connectivity index (χ0) is 28.2. The van der Waals surface area contributed by atoms with Crippen LogP contribution in [-0.4, -0.2) is 38.9 Å². The van der Waals surface area contributed by atoms with E-state index in [1.165, 1.54) is 24.3 Å². The predicted octanol–water partition coefficient (Wildman–Crippen LogP) is 4.95. The molecule has 1 aliphatic rings. The van der Waals surface area contributed by atoms with Crippen LogP contribution in [0.1, 0.15) is 24.7 Å². The van der Waals surface area contributed by atoms with E-state index in [2.05, 4.69) is 10.6 Å². The summed E-state index contributed by atoms with van der Waals surface area (Å²) in [5.74, 6) is 0.263. The molecule has 3 aromatic carbocycles. The molecule has 41 heavy (non-hydrogen) atoms. The van der Waals surface area contributed by atoms with E-state index < -0.39 is 6.04 Å². The summed E-state index contributed by atoms with van der Waals surface area (Å²) in [4.78, 5) is 31.4. The van der Waals surface area contributed by atoms with Crippen LogP contribution in [0.15, 0.2) is 72.8 Å². The molecule has 8 nitrogen and oxygen atoms in total. The first-order chi connectivity index (χ1) is 19.3. The number of carbonyl (C=O) groups excluding carboxylic acids is 2. The summed E-state index contributed by atoms with van der Waals surface area (Å²) in [6.07, 6.45) is 0.737. The fraction of sp³-hybridized carbons (Fsp3) is 0.233.